The van der Waals surface area contributed by atoms with E-state index in [-0.39, 0.29) is 24.0 Å². The van der Waals surface area contributed by atoms with Crippen LogP contribution in [0.3, 0.4) is 0 Å². The second-order valence-corrected chi connectivity index (χ2v) is 6.34. The highest BCUT2D eigenvalue weighted by molar-refractivity contribution is 6.04. The van der Waals surface area contributed by atoms with Crippen molar-refractivity contribution < 1.29 is 14.4 Å². The van der Waals surface area contributed by atoms with Gasteiger partial charge in [-0.05, 0) is 24.0 Å². The Morgan fingerprint density at radius 3 is 2.20 bits per heavy atom. The molecule has 1 amide bonds. The van der Waals surface area contributed by atoms with Crippen molar-refractivity contribution in [3.8, 4) is 0 Å². The predicted molar refractivity (Wildman–Crippen MR) is 94.6 cm³/mol. The van der Waals surface area contributed by atoms with Gasteiger partial charge in [0, 0.05) is 18.9 Å². The van der Waals surface area contributed by atoms with E-state index in [2.05, 4.69) is 0 Å². The summed E-state index contributed by atoms with van der Waals surface area (Å²) in [4.78, 5) is 37.7. The van der Waals surface area contributed by atoms with Gasteiger partial charge < -0.3 is 4.90 Å². The summed E-state index contributed by atoms with van der Waals surface area (Å²) >= 11 is 0. The number of carbonyl (C=O) groups is 2. The Bertz CT molecular complexity index is 742. The number of rotatable bonds is 6. The summed E-state index contributed by atoms with van der Waals surface area (Å²) < 4.78 is 0. The molecule has 127 valence electrons. The van der Waals surface area contributed by atoms with Gasteiger partial charge >= 0.3 is 0 Å². The van der Waals surface area contributed by atoms with Crippen LogP contribution in [0, 0.1) is 5.92 Å². The highest BCUT2D eigenvalue weighted by Crippen LogP contribution is 2.23. The molecule has 2 aromatic carbocycles. The minimum atomic E-state index is -1.06. The molecule has 2 aromatic rings. The van der Waals surface area contributed by atoms with Gasteiger partial charge in [0.05, 0.1) is 0 Å². The molecule has 0 aromatic heterocycles. The molecule has 0 aliphatic carbocycles. The maximum Gasteiger partial charge on any atom is 0.231 e. The molecule has 1 heterocycles. The van der Waals surface area contributed by atoms with Crippen LogP contribution in [0.1, 0.15) is 17.5 Å². The lowest BCUT2D eigenvalue weighted by molar-refractivity contribution is -0.133. The molecule has 1 fully saturated rings. The van der Waals surface area contributed by atoms with E-state index in [9.17, 15) is 14.4 Å². The standard InChI is InChI=1S/C21H20NO3/c23-15-19-21(25)18(13-17-9-5-2-6-10-17)14-22(19)20(24)12-11-16-7-3-1-4-8-16/h1-10,18-19H,11-14H2/t18-,19?/m1/s1. The zero-order valence-electron chi connectivity index (χ0n) is 13.9. The van der Waals surface area contributed by atoms with Crippen LogP contribution in [-0.4, -0.2) is 35.5 Å². The summed E-state index contributed by atoms with van der Waals surface area (Å²) in [5.41, 5.74) is 2.10. The Kier molecular flexibility index (Phi) is 5.39. The molecular formula is C21H20NO3. The largest absolute Gasteiger partial charge is 0.325 e. The van der Waals surface area contributed by atoms with Crippen LogP contribution in [0.25, 0.3) is 0 Å². The van der Waals surface area contributed by atoms with Gasteiger partial charge in [0.25, 0.3) is 0 Å². The molecule has 2 atom stereocenters. The first-order valence-electron chi connectivity index (χ1n) is 8.47. The van der Waals surface area contributed by atoms with Crippen molar-refractivity contribution in [3.05, 3.63) is 71.8 Å². The second-order valence-electron chi connectivity index (χ2n) is 6.34. The van der Waals surface area contributed by atoms with Gasteiger partial charge in [-0.2, -0.15) is 0 Å². The van der Waals surface area contributed by atoms with Gasteiger partial charge in [-0.3, -0.25) is 14.4 Å². The maximum absolute atomic E-state index is 12.5. The van der Waals surface area contributed by atoms with Crippen LogP contribution < -0.4 is 0 Å². The van der Waals surface area contributed by atoms with Crippen LogP contribution in [-0.2, 0) is 27.2 Å². The van der Waals surface area contributed by atoms with Crippen LogP contribution in [0.15, 0.2) is 60.7 Å². The topological polar surface area (TPSA) is 54.5 Å². The van der Waals surface area contributed by atoms with Crippen LogP contribution >= 0.6 is 0 Å². The molecule has 0 N–H and O–H groups in total. The molecule has 0 spiro atoms. The first-order chi connectivity index (χ1) is 12.2. The monoisotopic (exact) mass is 334 g/mol. The molecule has 1 radical (unpaired) electrons. The molecule has 1 saturated heterocycles. The van der Waals surface area contributed by atoms with E-state index in [1.165, 1.54) is 4.90 Å². The van der Waals surface area contributed by atoms with Crippen LogP contribution in [0.5, 0.6) is 0 Å². The van der Waals surface area contributed by atoms with E-state index in [4.69, 9.17) is 0 Å². The molecular weight excluding hydrogens is 314 g/mol. The molecule has 3 rings (SSSR count). The van der Waals surface area contributed by atoms with Crippen molar-refractivity contribution in [2.45, 2.75) is 25.3 Å². The predicted octanol–water partition coefficient (Wildman–Crippen LogP) is 2.37. The van der Waals surface area contributed by atoms with Gasteiger partial charge in [0.2, 0.25) is 12.2 Å². The fourth-order valence-corrected chi connectivity index (χ4v) is 3.28. The van der Waals surface area contributed by atoms with Crippen molar-refractivity contribution in [3.63, 3.8) is 0 Å². The summed E-state index contributed by atoms with van der Waals surface area (Å²) in [6, 6.07) is 18.3. The van der Waals surface area contributed by atoms with Gasteiger partial charge in [0.15, 0.2) is 11.8 Å². The van der Waals surface area contributed by atoms with Crippen molar-refractivity contribution >= 4 is 18.0 Å². The minimum absolute atomic E-state index is 0.166. The Morgan fingerprint density at radius 2 is 1.60 bits per heavy atom. The summed E-state index contributed by atoms with van der Waals surface area (Å²) in [5.74, 6) is -0.706. The van der Waals surface area contributed by atoms with E-state index < -0.39 is 6.04 Å². The lowest BCUT2D eigenvalue weighted by Crippen LogP contribution is -2.39. The van der Waals surface area contributed by atoms with Gasteiger partial charge in [0.1, 0.15) is 0 Å². The zero-order valence-corrected chi connectivity index (χ0v) is 13.9. The van der Waals surface area contributed by atoms with Crippen molar-refractivity contribution in [1.29, 1.82) is 0 Å². The number of benzene rings is 2. The molecule has 4 heteroatoms. The van der Waals surface area contributed by atoms with Crippen molar-refractivity contribution in [2.75, 3.05) is 6.54 Å². The van der Waals surface area contributed by atoms with E-state index in [0.29, 0.717) is 19.4 Å². The lowest BCUT2D eigenvalue weighted by Gasteiger charge is -2.19. The number of aryl methyl sites for hydroxylation is 1. The summed E-state index contributed by atoms with van der Waals surface area (Å²) in [6.07, 6.45) is 3.19. The van der Waals surface area contributed by atoms with Gasteiger partial charge in [-0.25, -0.2) is 0 Å². The Hall–Kier alpha value is -2.75. The SMILES string of the molecule is O=[C]C1C(=O)[C@H](Cc2ccccc2)CN1C(=O)CCc1ccccc1. The summed E-state index contributed by atoms with van der Waals surface area (Å²) in [6.45, 7) is 0.293. The number of ketones is 1. The summed E-state index contributed by atoms with van der Waals surface area (Å²) in [5, 5.41) is 0. The number of likely N-dealkylation sites (tertiary alicyclic amines) is 1. The Labute approximate surface area is 147 Å². The van der Waals surface area contributed by atoms with E-state index >= 15 is 0 Å². The van der Waals surface area contributed by atoms with E-state index in [1.54, 1.807) is 6.29 Å². The molecule has 0 saturated carbocycles. The lowest BCUT2D eigenvalue weighted by atomic mass is 9.96. The first-order valence-corrected chi connectivity index (χ1v) is 8.47. The van der Waals surface area contributed by atoms with E-state index in [1.807, 2.05) is 60.7 Å². The number of carbonyl (C=O) groups excluding carboxylic acids is 3. The van der Waals surface area contributed by atoms with Gasteiger partial charge in [-0.1, -0.05) is 60.7 Å². The average molecular weight is 334 g/mol. The third-order valence-electron chi connectivity index (χ3n) is 4.63. The van der Waals surface area contributed by atoms with Crippen LogP contribution in [0.2, 0.25) is 0 Å². The molecule has 1 aliphatic rings. The van der Waals surface area contributed by atoms with E-state index in [0.717, 1.165) is 11.1 Å². The fourth-order valence-electron chi connectivity index (χ4n) is 3.28. The highest BCUT2D eigenvalue weighted by atomic mass is 16.2. The summed E-state index contributed by atoms with van der Waals surface area (Å²) in [7, 11) is 0. The number of Topliss-reactive ketones (excluding diaryl/α,β-unsaturated/α-hetero) is 1. The highest BCUT2D eigenvalue weighted by Gasteiger charge is 2.42. The van der Waals surface area contributed by atoms with Crippen LogP contribution in [0.4, 0.5) is 0 Å². The molecule has 1 unspecified atom stereocenters. The molecule has 1 aliphatic heterocycles. The molecule has 4 nitrogen and oxygen atoms in total. The Balaban J connectivity index is 1.65. The zero-order chi connectivity index (χ0) is 17.6. The molecule has 25 heavy (non-hydrogen) atoms. The maximum atomic E-state index is 12.5. The third kappa shape index (κ3) is 4.02. The van der Waals surface area contributed by atoms with Crippen molar-refractivity contribution in [2.24, 2.45) is 5.92 Å². The quantitative estimate of drug-likeness (QED) is 0.762. The van der Waals surface area contributed by atoms with Crippen molar-refractivity contribution in [1.82, 2.24) is 4.90 Å². The number of nitrogens with zero attached hydrogens (tertiary/aromatic N) is 1. The second kappa shape index (κ2) is 7.88. The molecule has 0 bridgehead atoms. The number of hydrogen-bond donors (Lipinski definition) is 0. The number of amides is 1. The minimum Gasteiger partial charge on any atom is -0.325 e. The fraction of sp³-hybridized carbons (Fsp3) is 0.286. The third-order valence-corrected chi connectivity index (χ3v) is 4.63. The normalized spacial score (nSPS) is 19.8. The first kappa shape index (κ1) is 17.1. The smallest absolute Gasteiger partial charge is 0.231 e. The van der Waals surface area contributed by atoms with Gasteiger partial charge in [-0.15, -0.1) is 0 Å². The Morgan fingerprint density at radius 1 is 1.00 bits per heavy atom. The number of hydrogen-bond acceptors (Lipinski definition) is 3. The average Bonchev–Trinajstić information content (AvgIpc) is 2.97.